The van der Waals surface area contributed by atoms with Gasteiger partial charge in [0.2, 0.25) is 5.13 Å². The molecule has 0 atom stereocenters. The van der Waals surface area contributed by atoms with Crippen LogP contribution in [0.4, 0.5) is 5.13 Å². The van der Waals surface area contributed by atoms with Crippen LogP contribution in [-0.2, 0) is 0 Å². The minimum atomic E-state index is 0.236. The molecule has 15 heavy (non-hydrogen) atoms. The maximum atomic E-state index is 8.33. The number of oxime groups is 1. The molecule has 0 aliphatic carbocycles. The van der Waals surface area contributed by atoms with Gasteiger partial charge in [0.25, 0.3) is 0 Å². The van der Waals surface area contributed by atoms with E-state index in [1.54, 1.807) is 11.8 Å². The minimum Gasteiger partial charge on any atom is -0.409 e. The minimum absolute atomic E-state index is 0.236. The smallest absolute Gasteiger partial charge is 0.208 e. The molecule has 84 valence electrons. The summed E-state index contributed by atoms with van der Waals surface area (Å²) in [7, 11) is 3.84. The van der Waals surface area contributed by atoms with Crippen LogP contribution in [0.25, 0.3) is 0 Å². The Morgan fingerprint density at radius 1 is 1.60 bits per heavy atom. The maximum absolute atomic E-state index is 8.33. The highest BCUT2D eigenvalue weighted by atomic mass is 32.2. The lowest BCUT2D eigenvalue weighted by molar-refractivity contribution is 0.317. The zero-order valence-corrected chi connectivity index (χ0v) is 10.2. The van der Waals surface area contributed by atoms with E-state index in [1.165, 1.54) is 11.3 Å². The molecular formula is C7H13N5OS2. The van der Waals surface area contributed by atoms with Gasteiger partial charge in [-0.15, -0.1) is 10.2 Å². The van der Waals surface area contributed by atoms with Gasteiger partial charge in [-0.2, -0.15) is 0 Å². The van der Waals surface area contributed by atoms with Crippen molar-refractivity contribution in [3.05, 3.63) is 0 Å². The van der Waals surface area contributed by atoms with Crippen molar-refractivity contribution in [3.63, 3.8) is 0 Å². The van der Waals surface area contributed by atoms with Gasteiger partial charge in [0.05, 0.1) is 0 Å². The van der Waals surface area contributed by atoms with Crippen molar-refractivity contribution in [1.82, 2.24) is 10.2 Å². The molecule has 1 heterocycles. The first kappa shape index (κ1) is 12.1. The Balaban J connectivity index is 2.38. The van der Waals surface area contributed by atoms with E-state index >= 15 is 0 Å². The number of anilines is 1. The fraction of sp³-hybridized carbons (Fsp3) is 0.571. The molecule has 6 nitrogen and oxygen atoms in total. The third-order valence-electron chi connectivity index (χ3n) is 1.49. The van der Waals surface area contributed by atoms with E-state index in [0.29, 0.717) is 6.42 Å². The third kappa shape index (κ3) is 3.92. The summed E-state index contributed by atoms with van der Waals surface area (Å²) in [6.07, 6.45) is 0.540. The van der Waals surface area contributed by atoms with E-state index in [9.17, 15) is 0 Å². The van der Waals surface area contributed by atoms with Crippen LogP contribution in [0.3, 0.4) is 0 Å². The molecule has 0 saturated carbocycles. The van der Waals surface area contributed by atoms with Gasteiger partial charge < -0.3 is 15.8 Å². The zero-order valence-electron chi connectivity index (χ0n) is 8.54. The molecule has 3 N–H and O–H groups in total. The molecule has 0 aliphatic rings. The molecule has 0 bridgehead atoms. The van der Waals surface area contributed by atoms with Crippen molar-refractivity contribution in [2.45, 2.75) is 10.8 Å². The largest absolute Gasteiger partial charge is 0.409 e. The Labute approximate surface area is 96.2 Å². The average molecular weight is 247 g/mol. The third-order valence-corrected chi connectivity index (χ3v) is 3.72. The van der Waals surface area contributed by atoms with Gasteiger partial charge >= 0.3 is 0 Å². The van der Waals surface area contributed by atoms with Crippen molar-refractivity contribution in [2.24, 2.45) is 10.9 Å². The molecule has 1 rings (SSSR count). The molecule has 0 unspecified atom stereocenters. The number of amidine groups is 1. The highest BCUT2D eigenvalue weighted by molar-refractivity contribution is 8.01. The van der Waals surface area contributed by atoms with Crippen molar-refractivity contribution >= 4 is 34.1 Å². The van der Waals surface area contributed by atoms with Gasteiger partial charge in [-0.05, 0) is 0 Å². The Morgan fingerprint density at radius 3 is 2.87 bits per heavy atom. The first-order valence-electron chi connectivity index (χ1n) is 4.23. The summed E-state index contributed by atoms with van der Waals surface area (Å²) in [4.78, 5) is 1.91. The molecule has 0 aromatic carbocycles. The number of nitrogens with two attached hydrogens (primary N) is 1. The average Bonchev–Trinajstić information content (AvgIpc) is 2.66. The second-order valence-corrected chi connectivity index (χ2v) is 5.23. The van der Waals surface area contributed by atoms with Gasteiger partial charge in [-0.3, -0.25) is 0 Å². The van der Waals surface area contributed by atoms with E-state index in [2.05, 4.69) is 15.4 Å². The standard InChI is InChI=1S/C7H13N5OS2/c1-12(2)6-9-10-7(15-6)14-4-3-5(8)11-13/h13H,3-4H2,1-2H3,(H2,8,11). The van der Waals surface area contributed by atoms with Crippen LogP contribution in [0.5, 0.6) is 0 Å². The highest BCUT2D eigenvalue weighted by Crippen LogP contribution is 2.26. The maximum Gasteiger partial charge on any atom is 0.208 e. The van der Waals surface area contributed by atoms with E-state index in [4.69, 9.17) is 10.9 Å². The number of hydrogen-bond donors (Lipinski definition) is 2. The quantitative estimate of drug-likeness (QED) is 0.263. The Hall–Kier alpha value is -1.02. The molecule has 0 saturated heterocycles. The van der Waals surface area contributed by atoms with Crippen LogP contribution in [0.15, 0.2) is 9.50 Å². The van der Waals surface area contributed by atoms with Crippen molar-refractivity contribution in [3.8, 4) is 0 Å². The summed E-state index contributed by atoms with van der Waals surface area (Å²) in [6, 6.07) is 0. The van der Waals surface area contributed by atoms with Crippen molar-refractivity contribution in [2.75, 3.05) is 24.7 Å². The van der Waals surface area contributed by atoms with Crippen LogP contribution in [0.1, 0.15) is 6.42 Å². The molecule has 0 spiro atoms. The van der Waals surface area contributed by atoms with Crippen molar-refractivity contribution < 1.29 is 5.21 Å². The number of aromatic nitrogens is 2. The SMILES string of the molecule is CN(C)c1nnc(SCCC(N)=NO)s1. The van der Waals surface area contributed by atoms with Crippen LogP contribution < -0.4 is 10.6 Å². The normalized spacial score (nSPS) is 11.7. The monoisotopic (exact) mass is 247 g/mol. The zero-order chi connectivity index (χ0) is 11.3. The first-order valence-corrected chi connectivity index (χ1v) is 6.03. The first-order chi connectivity index (χ1) is 7.13. The lowest BCUT2D eigenvalue weighted by Crippen LogP contribution is -2.11. The molecule has 0 aliphatic heterocycles. The van der Waals surface area contributed by atoms with Crippen LogP contribution in [0.2, 0.25) is 0 Å². The van der Waals surface area contributed by atoms with E-state index in [1.807, 2.05) is 19.0 Å². The topological polar surface area (TPSA) is 87.6 Å². The number of hydrogen-bond acceptors (Lipinski definition) is 7. The molecule has 0 radical (unpaired) electrons. The Kier molecular flexibility index (Phi) is 4.63. The lowest BCUT2D eigenvalue weighted by Gasteiger charge is -2.03. The summed E-state index contributed by atoms with van der Waals surface area (Å²) in [6.45, 7) is 0. The second kappa shape index (κ2) is 5.76. The van der Waals surface area contributed by atoms with E-state index in [0.717, 1.165) is 15.2 Å². The summed E-state index contributed by atoms with van der Waals surface area (Å²) >= 11 is 3.07. The highest BCUT2D eigenvalue weighted by Gasteiger charge is 2.06. The Bertz CT molecular complexity index is 338. The van der Waals surface area contributed by atoms with Crippen LogP contribution in [0, 0.1) is 0 Å². The van der Waals surface area contributed by atoms with Gasteiger partial charge in [-0.25, -0.2) is 0 Å². The van der Waals surface area contributed by atoms with Gasteiger partial charge in [-0.1, -0.05) is 28.3 Å². The fourth-order valence-corrected chi connectivity index (χ4v) is 2.53. The molecule has 1 aromatic rings. The molecular weight excluding hydrogens is 234 g/mol. The summed E-state index contributed by atoms with van der Waals surface area (Å²) in [5.74, 6) is 0.970. The summed E-state index contributed by atoms with van der Waals surface area (Å²) in [5, 5.41) is 20.1. The van der Waals surface area contributed by atoms with Gasteiger partial charge in [0.15, 0.2) is 4.34 Å². The molecule has 0 fully saturated rings. The predicted octanol–water partition coefficient (Wildman–Crippen LogP) is 0.833. The van der Waals surface area contributed by atoms with Crippen LogP contribution >= 0.6 is 23.1 Å². The fourth-order valence-electron chi connectivity index (χ4n) is 0.734. The molecule has 8 heteroatoms. The number of rotatable bonds is 5. The van der Waals surface area contributed by atoms with E-state index < -0.39 is 0 Å². The number of nitrogens with zero attached hydrogens (tertiary/aromatic N) is 4. The summed E-state index contributed by atoms with van der Waals surface area (Å²) in [5.41, 5.74) is 5.34. The van der Waals surface area contributed by atoms with E-state index in [-0.39, 0.29) is 5.84 Å². The van der Waals surface area contributed by atoms with Crippen LogP contribution in [-0.4, -0.2) is 41.1 Å². The number of thioether (sulfide) groups is 1. The molecule has 0 amide bonds. The van der Waals surface area contributed by atoms with Gasteiger partial charge in [0.1, 0.15) is 5.84 Å². The van der Waals surface area contributed by atoms with Crippen molar-refractivity contribution in [1.29, 1.82) is 0 Å². The van der Waals surface area contributed by atoms with Gasteiger partial charge in [0, 0.05) is 26.3 Å². The lowest BCUT2D eigenvalue weighted by atomic mass is 10.5. The molecule has 1 aromatic heterocycles. The Morgan fingerprint density at radius 2 is 2.33 bits per heavy atom. The predicted molar refractivity (Wildman–Crippen MR) is 63.0 cm³/mol. The second-order valence-electron chi connectivity index (χ2n) is 2.93. The summed E-state index contributed by atoms with van der Waals surface area (Å²) < 4.78 is 0.893.